The number of thiazole rings is 1. The lowest BCUT2D eigenvalue weighted by atomic mass is 9.97. The Kier molecular flexibility index (Phi) is 9.49. The minimum Gasteiger partial charge on any atom is -0.492 e. The van der Waals surface area contributed by atoms with Crippen molar-refractivity contribution in [2.24, 2.45) is 0 Å². The fourth-order valence-corrected chi connectivity index (χ4v) is 4.93. The third-order valence-electron chi connectivity index (χ3n) is 5.36. The number of rotatable bonds is 9. The number of carbonyl (C=O) groups excluding carboxylic acids is 1. The molecule has 5 nitrogen and oxygen atoms in total. The molecule has 174 valence electrons. The molecular formula is C25H34ClN3O2S. The third kappa shape index (κ3) is 6.21. The van der Waals surface area contributed by atoms with E-state index in [1.165, 1.54) is 16.7 Å². The number of halogens is 1. The van der Waals surface area contributed by atoms with Crippen molar-refractivity contribution in [2.45, 2.75) is 40.5 Å². The number of fused-ring (bicyclic) bond motifs is 1. The number of amides is 1. The minimum absolute atomic E-state index is 0. The lowest BCUT2D eigenvalue weighted by molar-refractivity contribution is -0.118. The molecule has 7 heteroatoms. The number of para-hydroxylation sites is 1. The van der Waals surface area contributed by atoms with Crippen LogP contribution in [0.3, 0.4) is 0 Å². The Hall–Kier alpha value is -2.15. The second-order valence-electron chi connectivity index (χ2n) is 8.29. The van der Waals surface area contributed by atoms with E-state index >= 15 is 0 Å². The molecule has 0 aliphatic heterocycles. The summed E-state index contributed by atoms with van der Waals surface area (Å²) in [6.07, 6.45) is 1.27. The molecule has 0 aliphatic rings. The van der Waals surface area contributed by atoms with Crippen LogP contribution in [-0.2, 0) is 11.2 Å². The van der Waals surface area contributed by atoms with E-state index in [2.05, 4.69) is 51.9 Å². The van der Waals surface area contributed by atoms with Gasteiger partial charge in [0.1, 0.15) is 11.3 Å². The summed E-state index contributed by atoms with van der Waals surface area (Å²) in [5.74, 6) is 0.860. The lowest BCUT2D eigenvalue weighted by Gasteiger charge is -2.22. The first-order valence-corrected chi connectivity index (χ1v) is 11.7. The number of nitrogens with zero attached hydrogens (tertiary/aromatic N) is 3. The van der Waals surface area contributed by atoms with Gasteiger partial charge >= 0.3 is 0 Å². The molecule has 2 aromatic carbocycles. The van der Waals surface area contributed by atoms with Gasteiger partial charge < -0.3 is 9.64 Å². The Morgan fingerprint density at radius 1 is 1.09 bits per heavy atom. The van der Waals surface area contributed by atoms with Crippen LogP contribution in [0, 0.1) is 20.8 Å². The van der Waals surface area contributed by atoms with Crippen molar-refractivity contribution in [1.29, 1.82) is 0 Å². The Bertz CT molecular complexity index is 1040. The fraction of sp³-hybridized carbons (Fsp3) is 0.440. The molecule has 0 atom stereocenters. The first kappa shape index (κ1) is 26.1. The number of hydrogen-bond donors (Lipinski definition) is 0. The van der Waals surface area contributed by atoms with Gasteiger partial charge in [0.2, 0.25) is 5.91 Å². The maximum absolute atomic E-state index is 13.5. The molecule has 0 radical (unpaired) electrons. The summed E-state index contributed by atoms with van der Waals surface area (Å²) in [4.78, 5) is 22.4. The van der Waals surface area contributed by atoms with E-state index in [0.29, 0.717) is 19.6 Å². The van der Waals surface area contributed by atoms with Gasteiger partial charge in [0.25, 0.3) is 0 Å². The highest BCUT2D eigenvalue weighted by Crippen LogP contribution is 2.34. The number of hydrogen-bond acceptors (Lipinski definition) is 5. The summed E-state index contributed by atoms with van der Waals surface area (Å²) in [6, 6.07) is 10.3. The van der Waals surface area contributed by atoms with E-state index in [1.54, 1.807) is 11.3 Å². The van der Waals surface area contributed by atoms with Gasteiger partial charge in [-0.05, 0) is 83.6 Å². The molecule has 3 rings (SSSR count). The van der Waals surface area contributed by atoms with Gasteiger partial charge in [-0.25, -0.2) is 4.98 Å². The lowest BCUT2D eigenvalue weighted by Crippen LogP contribution is -2.34. The van der Waals surface area contributed by atoms with E-state index in [9.17, 15) is 4.79 Å². The van der Waals surface area contributed by atoms with Crippen molar-refractivity contribution in [3.8, 4) is 5.75 Å². The topological polar surface area (TPSA) is 45.7 Å². The fourth-order valence-electron chi connectivity index (χ4n) is 3.91. The predicted octanol–water partition coefficient (Wildman–Crippen LogP) is 5.57. The van der Waals surface area contributed by atoms with Gasteiger partial charge in [-0.3, -0.25) is 9.69 Å². The average molecular weight is 476 g/mol. The van der Waals surface area contributed by atoms with Crippen molar-refractivity contribution in [3.05, 3.63) is 52.6 Å². The first-order chi connectivity index (χ1) is 14.8. The minimum atomic E-state index is 0. The Labute approximate surface area is 201 Å². The molecule has 1 heterocycles. The molecule has 0 aliphatic carbocycles. The zero-order valence-electron chi connectivity index (χ0n) is 19.9. The highest BCUT2D eigenvalue weighted by molar-refractivity contribution is 7.22. The molecule has 1 aromatic heterocycles. The van der Waals surface area contributed by atoms with Crippen LogP contribution in [0.4, 0.5) is 5.13 Å². The van der Waals surface area contributed by atoms with Gasteiger partial charge in [0.05, 0.1) is 17.7 Å². The molecule has 0 bridgehead atoms. The maximum Gasteiger partial charge on any atom is 0.233 e. The van der Waals surface area contributed by atoms with Crippen LogP contribution in [0.1, 0.15) is 35.6 Å². The quantitative estimate of drug-likeness (QED) is 0.406. The number of carbonyl (C=O) groups is 1. The second-order valence-corrected chi connectivity index (χ2v) is 9.30. The molecule has 0 fully saturated rings. The SMILES string of the molecule is CCOc1cccc2sc(N(CCCN(C)C)C(=O)Cc3c(C)cc(C)cc3C)nc12.Cl. The molecule has 0 spiro atoms. The summed E-state index contributed by atoms with van der Waals surface area (Å²) < 4.78 is 6.79. The summed E-state index contributed by atoms with van der Waals surface area (Å²) in [7, 11) is 4.11. The monoisotopic (exact) mass is 475 g/mol. The van der Waals surface area contributed by atoms with Crippen molar-refractivity contribution in [2.75, 3.05) is 38.7 Å². The van der Waals surface area contributed by atoms with E-state index in [4.69, 9.17) is 9.72 Å². The van der Waals surface area contributed by atoms with Gasteiger partial charge in [-0.15, -0.1) is 12.4 Å². The number of anilines is 1. The number of aryl methyl sites for hydroxylation is 3. The third-order valence-corrected chi connectivity index (χ3v) is 6.40. The Morgan fingerprint density at radius 2 is 1.78 bits per heavy atom. The van der Waals surface area contributed by atoms with Gasteiger partial charge in [-0.1, -0.05) is 35.1 Å². The highest BCUT2D eigenvalue weighted by atomic mass is 35.5. The van der Waals surface area contributed by atoms with Crippen LogP contribution >= 0.6 is 23.7 Å². The highest BCUT2D eigenvalue weighted by Gasteiger charge is 2.22. The number of ether oxygens (including phenoxy) is 1. The summed E-state index contributed by atoms with van der Waals surface area (Å²) >= 11 is 1.55. The molecule has 0 saturated carbocycles. The zero-order valence-corrected chi connectivity index (χ0v) is 21.5. The predicted molar refractivity (Wildman–Crippen MR) is 138 cm³/mol. The van der Waals surface area contributed by atoms with Gasteiger partial charge in [0, 0.05) is 6.54 Å². The van der Waals surface area contributed by atoms with E-state index in [-0.39, 0.29) is 18.3 Å². The molecule has 0 saturated heterocycles. The Balaban J connectivity index is 0.00000363. The van der Waals surface area contributed by atoms with Crippen LogP contribution in [0.5, 0.6) is 5.75 Å². The molecule has 3 aromatic rings. The summed E-state index contributed by atoms with van der Waals surface area (Å²) in [5, 5.41) is 0.744. The Morgan fingerprint density at radius 3 is 2.41 bits per heavy atom. The molecular weight excluding hydrogens is 442 g/mol. The average Bonchev–Trinajstić information content (AvgIpc) is 3.12. The van der Waals surface area contributed by atoms with Crippen molar-refractivity contribution in [1.82, 2.24) is 9.88 Å². The number of aromatic nitrogens is 1. The van der Waals surface area contributed by atoms with Gasteiger partial charge in [-0.2, -0.15) is 0 Å². The molecule has 0 N–H and O–H groups in total. The molecule has 0 unspecified atom stereocenters. The first-order valence-electron chi connectivity index (χ1n) is 10.8. The van der Waals surface area contributed by atoms with Crippen LogP contribution in [0.25, 0.3) is 10.2 Å². The van der Waals surface area contributed by atoms with Gasteiger partial charge in [0.15, 0.2) is 5.13 Å². The van der Waals surface area contributed by atoms with Crippen molar-refractivity contribution in [3.63, 3.8) is 0 Å². The zero-order chi connectivity index (χ0) is 22.5. The van der Waals surface area contributed by atoms with Crippen molar-refractivity contribution < 1.29 is 9.53 Å². The van der Waals surface area contributed by atoms with Crippen LogP contribution < -0.4 is 9.64 Å². The van der Waals surface area contributed by atoms with E-state index in [0.717, 1.165) is 39.6 Å². The molecule has 1 amide bonds. The van der Waals surface area contributed by atoms with Crippen LogP contribution in [0.15, 0.2) is 30.3 Å². The molecule has 32 heavy (non-hydrogen) atoms. The van der Waals surface area contributed by atoms with E-state index < -0.39 is 0 Å². The summed E-state index contributed by atoms with van der Waals surface area (Å²) in [6.45, 7) is 10.4. The van der Waals surface area contributed by atoms with Crippen molar-refractivity contribution >= 4 is 45.0 Å². The second kappa shape index (κ2) is 11.6. The largest absolute Gasteiger partial charge is 0.492 e. The number of benzene rings is 2. The van der Waals surface area contributed by atoms with E-state index in [1.807, 2.05) is 30.0 Å². The summed E-state index contributed by atoms with van der Waals surface area (Å²) in [5.41, 5.74) is 5.51. The maximum atomic E-state index is 13.5. The normalized spacial score (nSPS) is 11.0. The smallest absolute Gasteiger partial charge is 0.233 e. The standard InChI is InChI=1S/C25H33N3O2S.ClH/c1-7-30-21-10-8-11-22-24(21)26-25(31-22)28(13-9-12-27(5)6)23(29)16-20-18(3)14-17(2)15-19(20)4;/h8,10-11,14-15H,7,9,12-13,16H2,1-6H3;1H. The van der Waals surface area contributed by atoms with Crippen LogP contribution in [-0.4, -0.2) is 49.6 Å². The van der Waals surface area contributed by atoms with Crippen LogP contribution in [0.2, 0.25) is 0 Å².